The van der Waals surface area contributed by atoms with E-state index in [0.717, 1.165) is 12.6 Å². The van der Waals surface area contributed by atoms with Crippen LogP contribution in [0.4, 0.5) is 8.78 Å². The lowest BCUT2D eigenvalue weighted by atomic mass is 10.2. The van der Waals surface area contributed by atoms with Gasteiger partial charge in [-0.3, -0.25) is 0 Å². The monoisotopic (exact) mass is 247 g/mol. The lowest BCUT2D eigenvalue weighted by molar-refractivity contribution is 0.338. The number of thiol groups is 1. The van der Waals surface area contributed by atoms with Crippen LogP contribution in [0, 0.1) is 11.6 Å². The highest BCUT2D eigenvalue weighted by Crippen LogP contribution is 2.21. The van der Waals surface area contributed by atoms with Crippen LogP contribution in [-0.2, 0) is 6.54 Å². The average molecular weight is 247 g/mol. The highest BCUT2D eigenvalue weighted by atomic mass is 32.1. The third-order valence-electron chi connectivity index (χ3n) is 2.24. The van der Waals surface area contributed by atoms with Crippen LogP contribution >= 0.6 is 12.6 Å². The fourth-order valence-corrected chi connectivity index (χ4v) is 1.73. The van der Waals surface area contributed by atoms with E-state index in [0.29, 0.717) is 17.9 Å². The van der Waals surface area contributed by atoms with Gasteiger partial charge in [-0.1, -0.05) is 0 Å². The van der Waals surface area contributed by atoms with E-state index >= 15 is 0 Å². The molecule has 0 aromatic heterocycles. The van der Waals surface area contributed by atoms with Crippen LogP contribution < -0.4 is 4.74 Å². The standard InChI is InChI=1S/C11H15F2NOS/c1-14(3-4-16)7-8-5-10(13)11(15-2)6-9(8)12/h5-6,16H,3-4,7H2,1-2H3. The molecule has 16 heavy (non-hydrogen) atoms. The van der Waals surface area contributed by atoms with E-state index in [4.69, 9.17) is 4.74 Å². The molecule has 1 aromatic rings. The Morgan fingerprint density at radius 2 is 2.00 bits per heavy atom. The topological polar surface area (TPSA) is 12.5 Å². The summed E-state index contributed by atoms with van der Waals surface area (Å²) >= 11 is 4.07. The second kappa shape index (κ2) is 6.06. The zero-order valence-electron chi connectivity index (χ0n) is 9.33. The van der Waals surface area contributed by atoms with Crippen LogP contribution in [0.25, 0.3) is 0 Å². The molecule has 1 rings (SSSR count). The van der Waals surface area contributed by atoms with Crippen LogP contribution in [0.2, 0.25) is 0 Å². The Kier molecular flexibility index (Phi) is 5.02. The van der Waals surface area contributed by atoms with E-state index in [1.54, 1.807) is 0 Å². The first kappa shape index (κ1) is 13.3. The first-order valence-corrected chi connectivity index (χ1v) is 5.53. The van der Waals surface area contributed by atoms with E-state index in [1.165, 1.54) is 13.2 Å². The molecular weight excluding hydrogens is 232 g/mol. The highest BCUT2D eigenvalue weighted by molar-refractivity contribution is 7.80. The second-order valence-electron chi connectivity index (χ2n) is 3.54. The van der Waals surface area contributed by atoms with E-state index < -0.39 is 11.6 Å². The fraction of sp³-hybridized carbons (Fsp3) is 0.455. The number of halogens is 2. The molecule has 90 valence electrons. The molecule has 2 nitrogen and oxygen atoms in total. The summed E-state index contributed by atoms with van der Waals surface area (Å²) in [4.78, 5) is 1.87. The van der Waals surface area contributed by atoms with Gasteiger partial charge in [0.25, 0.3) is 0 Å². The summed E-state index contributed by atoms with van der Waals surface area (Å²) in [5.41, 5.74) is 0.322. The van der Waals surface area contributed by atoms with Crippen molar-refractivity contribution in [3.63, 3.8) is 0 Å². The molecule has 0 aliphatic heterocycles. The zero-order valence-corrected chi connectivity index (χ0v) is 10.2. The van der Waals surface area contributed by atoms with Gasteiger partial charge in [-0.25, -0.2) is 8.78 Å². The molecular formula is C11H15F2NOS. The van der Waals surface area contributed by atoms with Crippen LogP contribution in [0.3, 0.4) is 0 Å². The second-order valence-corrected chi connectivity index (χ2v) is 3.99. The molecule has 0 fully saturated rings. The summed E-state index contributed by atoms with van der Waals surface area (Å²) in [7, 11) is 3.14. The van der Waals surface area contributed by atoms with E-state index in [-0.39, 0.29) is 5.75 Å². The first-order chi connectivity index (χ1) is 7.58. The number of methoxy groups -OCH3 is 1. The van der Waals surface area contributed by atoms with Crippen LogP contribution in [0.1, 0.15) is 5.56 Å². The third kappa shape index (κ3) is 3.35. The Morgan fingerprint density at radius 3 is 2.56 bits per heavy atom. The number of rotatable bonds is 5. The van der Waals surface area contributed by atoms with Crippen molar-refractivity contribution >= 4 is 12.6 Å². The SMILES string of the molecule is COc1cc(F)c(CN(C)CCS)cc1F. The van der Waals surface area contributed by atoms with Gasteiger partial charge in [0.05, 0.1) is 7.11 Å². The smallest absolute Gasteiger partial charge is 0.165 e. The van der Waals surface area contributed by atoms with Crippen LogP contribution in [0.15, 0.2) is 12.1 Å². The van der Waals surface area contributed by atoms with Gasteiger partial charge < -0.3 is 9.64 Å². The molecule has 0 spiro atoms. The van der Waals surface area contributed by atoms with Crippen molar-refractivity contribution in [3.8, 4) is 5.75 Å². The van der Waals surface area contributed by atoms with Crippen molar-refractivity contribution in [1.29, 1.82) is 0 Å². The summed E-state index contributed by atoms with van der Waals surface area (Å²) < 4.78 is 31.6. The molecule has 0 aliphatic rings. The minimum Gasteiger partial charge on any atom is -0.494 e. The third-order valence-corrected chi connectivity index (χ3v) is 2.44. The van der Waals surface area contributed by atoms with Gasteiger partial charge in [0.15, 0.2) is 11.6 Å². The van der Waals surface area contributed by atoms with Gasteiger partial charge in [-0.15, -0.1) is 0 Å². The fourth-order valence-electron chi connectivity index (χ4n) is 1.39. The van der Waals surface area contributed by atoms with Crippen molar-refractivity contribution in [2.45, 2.75) is 6.54 Å². The molecule has 0 radical (unpaired) electrons. The van der Waals surface area contributed by atoms with Gasteiger partial charge in [0.1, 0.15) is 5.82 Å². The van der Waals surface area contributed by atoms with E-state index in [2.05, 4.69) is 12.6 Å². The summed E-state index contributed by atoms with van der Waals surface area (Å²) in [6.07, 6.45) is 0. The van der Waals surface area contributed by atoms with Gasteiger partial charge in [0.2, 0.25) is 0 Å². The van der Waals surface area contributed by atoms with E-state index in [9.17, 15) is 8.78 Å². The largest absolute Gasteiger partial charge is 0.494 e. The number of benzene rings is 1. The van der Waals surface area contributed by atoms with Crippen molar-refractivity contribution in [3.05, 3.63) is 29.3 Å². The Hall–Kier alpha value is -0.810. The molecule has 5 heteroatoms. The summed E-state index contributed by atoms with van der Waals surface area (Å²) in [5.74, 6) is -0.392. The predicted molar refractivity (Wildman–Crippen MR) is 63.1 cm³/mol. The average Bonchev–Trinajstić information content (AvgIpc) is 2.23. The Morgan fingerprint density at radius 1 is 1.31 bits per heavy atom. The van der Waals surface area contributed by atoms with Crippen molar-refractivity contribution in [2.24, 2.45) is 0 Å². The molecule has 0 unspecified atom stereocenters. The lowest BCUT2D eigenvalue weighted by Gasteiger charge is -2.16. The first-order valence-electron chi connectivity index (χ1n) is 4.89. The molecule has 0 saturated heterocycles. The predicted octanol–water partition coefficient (Wildman–Crippen LogP) is 2.34. The number of nitrogens with zero attached hydrogens (tertiary/aromatic N) is 1. The van der Waals surface area contributed by atoms with Gasteiger partial charge in [-0.05, 0) is 13.1 Å². The van der Waals surface area contributed by atoms with Gasteiger partial charge in [0, 0.05) is 30.5 Å². The molecule has 0 saturated carbocycles. The van der Waals surface area contributed by atoms with Crippen LogP contribution in [-0.4, -0.2) is 31.4 Å². The lowest BCUT2D eigenvalue weighted by Crippen LogP contribution is -2.20. The van der Waals surface area contributed by atoms with Crippen molar-refractivity contribution in [1.82, 2.24) is 4.90 Å². The molecule has 0 heterocycles. The molecule has 0 amide bonds. The quantitative estimate of drug-likeness (QED) is 0.802. The zero-order chi connectivity index (χ0) is 12.1. The molecule has 0 bridgehead atoms. The minimum atomic E-state index is -0.543. The maximum Gasteiger partial charge on any atom is 0.165 e. The Bertz CT molecular complexity index is 360. The number of hydrogen-bond acceptors (Lipinski definition) is 3. The van der Waals surface area contributed by atoms with Crippen molar-refractivity contribution < 1.29 is 13.5 Å². The maximum absolute atomic E-state index is 13.5. The minimum absolute atomic E-state index is 0.0712. The number of ether oxygens (including phenoxy) is 1. The summed E-state index contributed by atoms with van der Waals surface area (Å²) in [6.45, 7) is 1.07. The number of hydrogen-bond donors (Lipinski definition) is 1. The summed E-state index contributed by atoms with van der Waals surface area (Å²) in [6, 6.07) is 2.24. The van der Waals surface area contributed by atoms with Crippen molar-refractivity contribution in [2.75, 3.05) is 26.5 Å². The normalized spacial score (nSPS) is 10.9. The highest BCUT2D eigenvalue weighted by Gasteiger charge is 2.11. The molecule has 0 aliphatic carbocycles. The molecule has 1 aromatic carbocycles. The van der Waals surface area contributed by atoms with Gasteiger partial charge >= 0.3 is 0 Å². The Labute approximate surface area is 99.6 Å². The Balaban J connectivity index is 2.85. The molecule has 0 N–H and O–H groups in total. The van der Waals surface area contributed by atoms with Crippen LogP contribution in [0.5, 0.6) is 5.75 Å². The van der Waals surface area contributed by atoms with Gasteiger partial charge in [-0.2, -0.15) is 12.6 Å². The maximum atomic E-state index is 13.5. The summed E-state index contributed by atoms with van der Waals surface area (Å²) in [5, 5.41) is 0. The molecule has 0 atom stereocenters. The van der Waals surface area contributed by atoms with E-state index in [1.807, 2.05) is 11.9 Å².